The molecule has 0 fully saturated rings. The largest absolute Gasteiger partial charge is 0.318 e. The fourth-order valence-electron chi connectivity index (χ4n) is 2.21. The molecular formula is C15H15ClINO. The number of hydrogen-bond donors (Lipinski definition) is 0. The van der Waals surface area contributed by atoms with Gasteiger partial charge in [-0.25, -0.2) is 0 Å². The third-order valence-corrected chi connectivity index (χ3v) is 4.06. The van der Waals surface area contributed by atoms with Crippen LogP contribution in [0.2, 0.25) is 0 Å². The Hall–Kier alpha value is -0.810. The third-order valence-electron chi connectivity index (χ3n) is 3.14. The van der Waals surface area contributed by atoms with Crippen molar-refractivity contribution in [2.45, 2.75) is 26.1 Å². The zero-order chi connectivity index (χ0) is 14.2. The van der Waals surface area contributed by atoms with Gasteiger partial charge in [0.15, 0.2) is 5.78 Å². The number of rotatable bonds is 3. The Morgan fingerprint density at radius 2 is 1.84 bits per heavy atom. The molecule has 0 bridgehead atoms. The highest BCUT2D eigenvalue weighted by Gasteiger charge is 2.19. The lowest BCUT2D eigenvalue weighted by Gasteiger charge is -2.10. The molecule has 1 aromatic heterocycles. The minimum atomic E-state index is -0.495. The molecule has 1 atom stereocenters. The fourth-order valence-corrected chi connectivity index (χ4v) is 2.69. The smallest absolute Gasteiger partial charge is 0.182 e. The number of ketones is 1. The molecular weight excluding hydrogens is 373 g/mol. The van der Waals surface area contributed by atoms with E-state index in [4.69, 9.17) is 11.6 Å². The van der Waals surface area contributed by atoms with Crippen LogP contribution in [0.25, 0.3) is 5.69 Å². The van der Waals surface area contributed by atoms with E-state index in [1.54, 1.807) is 6.92 Å². The van der Waals surface area contributed by atoms with Crippen molar-refractivity contribution in [1.82, 2.24) is 4.57 Å². The van der Waals surface area contributed by atoms with Gasteiger partial charge < -0.3 is 4.57 Å². The summed E-state index contributed by atoms with van der Waals surface area (Å²) in [7, 11) is 0. The SMILES string of the molecule is Cc1cc(C(=O)C(C)Cl)c(C)n1-c1ccc(I)cc1. The number of hydrogen-bond acceptors (Lipinski definition) is 1. The minimum absolute atomic E-state index is 0.0217. The standard InChI is InChI=1S/C15H15ClINO/c1-9-8-14(15(19)10(2)16)11(3)18(9)13-6-4-12(17)5-7-13/h4-8,10H,1-3H3. The maximum absolute atomic E-state index is 12.1. The second kappa shape index (κ2) is 5.67. The molecule has 19 heavy (non-hydrogen) atoms. The summed E-state index contributed by atoms with van der Waals surface area (Å²) in [5.41, 5.74) is 3.76. The number of aromatic nitrogens is 1. The van der Waals surface area contributed by atoms with Gasteiger partial charge in [-0.15, -0.1) is 11.6 Å². The van der Waals surface area contributed by atoms with Crippen LogP contribution in [0.15, 0.2) is 30.3 Å². The Morgan fingerprint density at radius 3 is 2.37 bits per heavy atom. The minimum Gasteiger partial charge on any atom is -0.318 e. The number of aryl methyl sites for hydroxylation is 1. The van der Waals surface area contributed by atoms with E-state index in [9.17, 15) is 4.79 Å². The van der Waals surface area contributed by atoms with Crippen molar-refractivity contribution >= 4 is 40.0 Å². The summed E-state index contributed by atoms with van der Waals surface area (Å²) in [6.45, 7) is 5.67. The summed E-state index contributed by atoms with van der Waals surface area (Å²) in [6.07, 6.45) is 0. The van der Waals surface area contributed by atoms with Gasteiger partial charge in [0.05, 0.1) is 5.38 Å². The lowest BCUT2D eigenvalue weighted by molar-refractivity contribution is 0.0991. The predicted octanol–water partition coefficient (Wildman–Crippen LogP) is 4.51. The summed E-state index contributed by atoms with van der Waals surface area (Å²) in [5.74, 6) is -0.0217. The van der Waals surface area contributed by atoms with E-state index in [1.807, 2.05) is 19.9 Å². The first-order valence-electron chi connectivity index (χ1n) is 6.05. The molecule has 2 nitrogen and oxygen atoms in total. The van der Waals surface area contributed by atoms with Gasteiger partial charge in [-0.1, -0.05) is 0 Å². The molecule has 1 heterocycles. The van der Waals surface area contributed by atoms with E-state index in [0.29, 0.717) is 5.56 Å². The molecule has 0 amide bonds. The normalized spacial score (nSPS) is 12.5. The van der Waals surface area contributed by atoms with Gasteiger partial charge in [-0.3, -0.25) is 4.79 Å². The molecule has 2 aromatic rings. The Labute approximate surface area is 131 Å². The van der Waals surface area contributed by atoms with Crippen LogP contribution in [-0.4, -0.2) is 15.7 Å². The summed E-state index contributed by atoms with van der Waals surface area (Å²) in [4.78, 5) is 12.1. The fraction of sp³-hybridized carbons (Fsp3) is 0.267. The molecule has 4 heteroatoms. The molecule has 0 N–H and O–H groups in total. The number of carbonyl (C=O) groups excluding carboxylic acids is 1. The van der Waals surface area contributed by atoms with Crippen LogP contribution in [0.3, 0.4) is 0 Å². The van der Waals surface area contributed by atoms with Crippen LogP contribution in [0.4, 0.5) is 0 Å². The Bertz CT molecular complexity index is 614. The van der Waals surface area contributed by atoms with Crippen molar-refractivity contribution in [2.24, 2.45) is 0 Å². The highest BCUT2D eigenvalue weighted by Crippen LogP contribution is 2.23. The number of benzene rings is 1. The van der Waals surface area contributed by atoms with Crippen LogP contribution in [-0.2, 0) is 0 Å². The number of halogens is 2. The first kappa shape index (κ1) is 14.6. The van der Waals surface area contributed by atoms with Gasteiger partial charge in [0, 0.05) is 26.2 Å². The van der Waals surface area contributed by atoms with Gasteiger partial charge >= 0.3 is 0 Å². The Morgan fingerprint density at radius 1 is 1.26 bits per heavy atom. The van der Waals surface area contributed by atoms with Crippen LogP contribution >= 0.6 is 34.2 Å². The first-order chi connectivity index (χ1) is 8.91. The molecule has 0 spiro atoms. The van der Waals surface area contributed by atoms with Crippen LogP contribution < -0.4 is 0 Å². The van der Waals surface area contributed by atoms with Gasteiger partial charge in [0.1, 0.15) is 0 Å². The second-order valence-electron chi connectivity index (χ2n) is 4.58. The van der Waals surface area contributed by atoms with Crippen molar-refractivity contribution in [3.8, 4) is 5.69 Å². The molecule has 2 rings (SSSR count). The maximum Gasteiger partial charge on any atom is 0.182 e. The summed E-state index contributed by atoms with van der Waals surface area (Å²) < 4.78 is 3.28. The van der Waals surface area contributed by atoms with Crippen LogP contribution in [0.5, 0.6) is 0 Å². The summed E-state index contributed by atoms with van der Waals surface area (Å²) in [5, 5.41) is -0.495. The molecule has 0 radical (unpaired) electrons. The van der Waals surface area contributed by atoms with Crippen molar-refractivity contribution < 1.29 is 4.79 Å². The predicted molar refractivity (Wildman–Crippen MR) is 87.6 cm³/mol. The zero-order valence-corrected chi connectivity index (χ0v) is 14.0. The van der Waals surface area contributed by atoms with Gasteiger partial charge in [-0.2, -0.15) is 0 Å². The molecule has 0 aliphatic carbocycles. The summed E-state index contributed by atoms with van der Waals surface area (Å²) in [6, 6.07) is 10.1. The molecule has 0 aliphatic rings. The molecule has 100 valence electrons. The molecule has 0 saturated heterocycles. The summed E-state index contributed by atoms with van der Waals surface area (Å²) >= 11 is 8.18. The topological polar surface area (TPSA) is 22.0 Å². The highest BCUT2D eigenvalue weighted by atomic mass is 127. The molecule has 1 unspecified atom stereocenters. The number of nitrogens with zero attached hydrogens (tertiary/aromatic N) is 1. The average Bonchev–Trinajstić information content (AvgIpc) is 2.65. The first-order valence-corrected chi connectivity index (χ1v) is 7.56. The number of carbonyl (C=O) groups is 1. The lowest BCUT2D eigenvalue weighted by Crippen LogP contribution is -2.11. The van der Waals surface area contributed by atoms with E-state index in [2.05, 4.69) is 51.4 Å². The number of alkyl halides is 1. The van der Waals surface area contributed by atoms with Crippen molar-refractivity contribution in [3.63, 3.8) is 0 Å². The van der Waals surface area contributed by atoms with E-state index in [1.165, 1.54) is 3.57 Å². The van der Waals surface area contributed by atoms with Crippen molar-refractivity contribution in [3.05, 3.63) is 50.9 Å². The van der Waals surface area contributed by atoms with Crippen LogP contribution in [0.1, 0.15) is 28.7 Å². The average molecular weight is 388 g/mol. The van der Waals surface area contributed by atoms with E-state index >= 15 is 0 Å². The number of Topliss-reactive ketones (excluding diaryl/α,β-unsaturated/α-hetero) is 1. The van der Waals surface area contributed by atoms with Crippen LogP contribution in [0, 0.1) is 17.4 Å². The molecule has 0 saturated carbocycles. The van der Waals surface area contributed by atoms with Gasteiger partial charge in [0.2, 0.25) is 0 Å². The van der Waals surface area contributed by atoms with E-state index < -0.39 is 5.38 Å². The van der Waals surface area contributed by atoms with Crippen molar-refractivity contribution in [2.75, 3.05) is 0 Å². The molecule has 1 aromatic carbocycles. The highest BCUT2D eigenvalue weighted by molar-refractivity contribution is 14.1. The third kappa shape index (κ3) is 2.87. The van der Waals surface area contributed by atoms with Gasteiger partial charge in [-0.05, 0) is 73.7 Å². The van der Waals surface area contributed by atoms with Crippen molar-refractivity contribution in [1.29, 1.82) is 0 Å². The van der Waals surface area contributed by atoms with Gasteiger partial charge in [0.25, 0.3) is 0 Å². The Balaban J connectivity index is 2.54. The molecule has 0 aliphatic heterocycles. The Kier molecular flexibility index (Phi) is 4.36. The van der Waals surface area contributed by atoms with E-state index in [0.717, 1.165) is 17.1 Å². The monoisotopic (exact) mass is 387 g/mol. The second-order valence-corrected chi connectivity index (χ2v) is 6.48. The maximum atomic E-state index is 12.1. The van der Waals surface area contributed by atoms with E-state index in [-0.39, 0.29) is 5.78 Å². The zero-order valence-electron chi connectivity index (χ0n) is 11.1. The lowest BCUT2D eigenvalue weighted by atomic mass is 10.1. The quantitative estimate of drug-likeness (QED) is 0.431.